The van der Waals surface area contributed by atoms with Crippen LogP contribution >= 0.6 is 15.9 Å². The first-order chi connectivity index (χ1) is 9.15. The van der Waals surface area contributed by atoms with Crippen LogP contribution in [0.5, 0.6) is 0 Å². The smallest absolute Gasteiger partial charge is 0.512 e. The van der Waals surface area contributed by atoms with E-state index in [1.54, 1.807) is 24.5 Å². The molecule has 0 amide bonds. The van der Waals surface area contributed by atoms with Crippen LogP contribution in [-0.2, 0) is 17.1 Å². The Kier molecular flexibility index (Phi) is 12.7. The van der Waals surface area contributed by atoms with Crippen LogP contribution in [0.3, 0.4) is 0 Å². The Labute approximate surface area is 138 Å². The van der Waals surface area contributed by atoms with Crippen molar-refractivity contribution in [3.8, 4) is 6.07 Å². The third-order valence-electron chi connectivity index (χ3n) is 2.07. The summed E-state index contributed by atoms with van der Waals surface area (Å²) in [6, 6.07) is 9.41. The molecule has 0 N–H and O–H groups in total. The van der Waals surface area contributed by atoms with Crippen LogP contribution < -0.4 is 0 Å². The monoisotopic (exact) mass is 378 g/mol. The minimum Gasteiger partial charge on any atom is -0.512 e. The molecule has 0 aromatic carbocycles. The van der Waals surface area contributed by atoms with E-state index >= 15 is 0 Å². The van der Waals surface area contributed by atoms with Crippen LogP contribution in [-0.4, -0.2) is 9.97 Å². The van der Waals surface area contributed by atoms with E-state index in [9.17, 15) is 0 Å². The maximum Gasteiger partial charge on any atom is 1.00 e. The normalized spacial score (nSPS) is 7.60. The first kappa shape index (κ1) is 20.6. The van der Waals surface area contributed by atoms with Crippen LogP contribution in [0.4, 0.5) is 0 Å². The molecule has 2 rings (SSSR count). The topological polar surface area (TPSA) is 73.4 Å². The molecule has 0 saturated heterocycles. The second-order valence-corrected chi connectivity index (χ2v) is 4.17. The van der Waals surface area contributed by atoms with E-state index in [-0.39, 0.29) is 17.1 Å². The number of nitrogens with zero attached hydrogens (tertiary/aromatic N) is 4. The number of aryl methyl sites for hydroxylation is 2. The minimum atomic E-state index is 0. The van der Waals surface area contributed by atoms with E-state index in [0.717, 1.165) is 15.9 Å². The maximum atomic E-state index is 8.43. The molecule has 2 aromatic rings. The van der Waals surface area contributed by atoms with E-state index in [4.69, 9.17) is 17.1 Å². The Morgan fingerprint density at radius 3 is 1.85 bits per heavy atom. The molecule has 2 aromatic heterocycles. The summed E-state index contributed by atoms with van der Waals surface area (Å²) in [5.74, 6) is 0. The Morgan fingerprint density at radius 2 is 1.55 bits per heavy atom. The van der Waals surface area contributed by atoms with Gasteiger partial charge in [-0.25, -0.2) is 0 Å². The SMILES string of the molecule is Cc1ncccc1Br.Cc1ncccc1C#N.[C-]#N.[Cu+]. The molecule has 0 radical (unpaired) electrons. The average molecular weight is 380 g/mol. The molecular weight excluding hydrogens is 368 g/mol. The predicted octanol–water partition coefficient (Wildman–Crippen LogP) is 3.51. The van der Waals surface area contributed by atoms with Crippen molar-refractivity contribution < 1.29 is 17.1 Å². The fraction of sp³-hybridized carbons (Fsp3) is 0.143. The Morgan fingerprint density at radius 1 is 1.05 bits per heavy atom. The van der Waals surface area contributed by atoms with Gasteiger partial charge >= 0.3 is 17.1 Å². The van der Waals surface area contributed by atoms with E-state index in [1.165, 1.54) is 0 Å². The molecule has 2 heterocycles. The number of hydrogen-bond acceptors (Lipinski definition) is 4. The van der Waals surface area contributed by atoms with Crippen molar-refractivity contribution in [2.75, 3.05) is 0 Å². The third kappa shape index (κ3) is 7.66. The number of nitriles is 1. The summed E-state index contributed by atoms with van der Waals surface area (Å²) in [5, 5.41) is 14.7. The van der Waals surface area contributed by atoms with Gasteiger partial charge in [0.1, 0.15) is 6.07 Å². The van der Waals surface area contributed by atoms with E-state index in [1.807, 2.05) is 32.0 Å². The molecule has 0 fully saturated rings. The second-order valence-electron chi connectivity index (χ2n) is 3.32. The van der Waals surface area contributed by atoms with Crippen molar-refractivity contribution in [2.45, 2.75) is 13.8 Å². The van der Waals surface area contributed by atoms with Gasteiger partial charge < -0.3 is 11.8 Å². The zero-order valence-corrected chi connectivity index (χ0v) is 13.5. The van der Waals surface area contributed by atoms with Crippen LogP contribution in [0.1, 0.15) is 17.0 Å². The molecule has 0 atom stereocenters. The van der Waals surface area contributed by atoms with Crippen LogP contribution in [0.15, 0.2) is 41.1 Å². The molecule has 0 spiro atoms. The molecule has 106 valence electrons. The second kappa shape index (κ2) is 12.3. The molecule has 0 aliphatic rings. The largest absolute Gasteiger partial charge is 1.00 e. The summed E-state index contributed by atoms with van der Waals surface area (Å²) in [7, 11) is 0. The van der Waals surface area contributed by atoms with Gasteiger partial charge in [-0.3, -0.25) is 9.97 Å². The van der Waals surface area contributed by atoms with E-state index in [2.05, 4.69) is 25.9 Å². The van der Waals surface area contributed by atoms with Crippen molar-refractivity contribution in [2.24, 2.45) is 0 Å². The molecule has 0 bridgehead atoms. The summed E-state index contributed by atoms with van der Waals surface area (Å²) < 4.78 is 1.07. The summed E-state index contributed by atoms with van der Waals surface area (Å²) in [5.41, 5.74) is 2.48. The van der Waals surface area contributed by atoms with Crippen molar-refractivity contribution in [1.29, 1.82) is 10.5 Å². The zero-order chi connectivity index (χ0) is 14.7. The van der Waals surface area contributed by atoms with Gasteiger partial charge in [0.2, 0.25) is 0 Å². The number of pyridine rings is 2. The van der Waals surface area contributed by atoms with Crippen LogP contribution in [0, 0.1) is 37.0 Å². The summed E-state index contributed by atoms with van der Waals surface area (Å²) >= 11 is 3.33. The van der Waals surface area contributed by atoms with Crippen molar-refractivity contribution in [1.82, 2.24) is 9.97 Å². The van der Waals surface area contributed by atoms with Gasteiger partial charge in [-0.15, -0.1) is 0 Å². The number of aromatic nitrogens is 2. The van der Waals surface area contributed by atoms with Gasteiger partial charge in [0.05, 0.1) is 17.0 Å². The van der Waals surface area contributed by atoms with Gasteiger partial charge in [0.15, 0.2) is 0 Å². The molecule has 6 heteroatoms. The number of hydrogen-bond donors (Lipinski definition) is 0. The van der Waals surface area contributed by atoms with E-state index < -0.39 is 0 Å². The molecular formula is C14H12BrCuN4. The molecule has 0 aliphatic heterocycles. The van der Waals surface area contributed by atoms with Gasteiger partial charge in [0.25, 0.3) is 0 Å². The molecule has 20 heavy (non-hydrogen) atoms. The predicted molar refractivity (Wildman–Crippen MR) is 75.3 cm³/mol. The fourth-order valence-electron chi connectivity index (χ4n) is 1.07. The standard InChI is InChI=1S/C7H6N2.C6H6BrN.CN.Cu/c1-6-7(5-8)3-2-4-9-6;1-5-6(7)3-2-4-8-5;1-2;/h2-4H,1H3;2-4H,1H3;;/q;;-1;+1. The van der Waals surface area contributed by atoms with Gasteiger partial charge in [-0.2, -0.15) is 5.26 Å². The third-order valence-corrected chi connectivity index (χ3v) is 2.91. The van der Waals surface area contributed by atoms with Crippen molar-refractivity contribution in [3.05, 3.63) is 64.7 Å². The van der Waals surface area contributed by atoms with E-state index in [0.29, 0.717) is 5.56 Å². The van der Waals surface area contributed by atoms with Crippen molar-refractivity contribution in [3.63, 3.8) is 0 Å². The molecule has 4 nitrogen and oxygen atoms in total. The summed E-state index contributed by atoms with van der Waals surface area (Å²) in [6.07, 6.45) is 3.45. The van der Waals surface area contributed by atoms with Gasteiger partial charge in [0, 0.05) is 16.9 Å². The fourth-order valence-corrected chi connectivity index (χ4v) is 1.32. The minimum absolute atomic E-state index is 0. The number of rotatable bonds is 0. The molecule has 0 aliphatic carbocycles. The Bertz CT molecular complexity index is 558. The van der Waals surface area contributed by atoms with Crippen molar-refractivity contribution >= 4 is 15.9 Å². The molecule has 0 saturated carbocycles. The maximum absolute atomic E-state index is 8.43. The Balaban J connectivity index is 0. The van der Waals surface area contributed by atoms with Crippen LogP contribution in [0.2, 0.25) is 0 Å². The number of halogens is 1. The first-order valence-electron chi connectivity index (χ1n) is 5.26. The van der Waals surface area contributed by atoms with Crippen LogP contribution in [0.25, 0.3) is 0 Å². The molecule has 0 unspecified atom stereocenters. The summed E-state index contributed by atoms with van der Waals surface area (Å²) in [4.78, 5) is 7.96. The zero-order valence-electron chi connectivity index (χ0n) is 10.9. The summed E-state index contributed by atoms with van der Waals surface area (Å²) in [6.45, 7) is 8.53. The first-order valence-corrected chi connectivity index (χ1v) is 6.05. The quantitative estimate of drug-likeness (QED) is 0.518. The van der Waals surface area contributed by atoms with Gasteiger partial charge in [-0.05, 0) is 54.0 Å². The Hall–Kier alpha value is -1.72. The average Bonchev–Trinajstić information content (AvgIpc) is 2.46. The van der Waals surface area contributed by atoms with Gasteiger partial charge in [-0.1, -0.05) is 0 Å².